The van der Waals surface area contributed by atoms with Crippen LogP contribution in [0.3, 0.4) is 0 Å². The van der Waals surface area contributed by atoms with Crippen molar-refractivity contribution in [1.82, 2.24) is 4.90 Å². The Kier molecular flexibility index (Phi) is 7.11. The average Bonchev–Trinajstić information content (AvgIpc) is 2.67. The molecule has 0 spiro atoms. The predicted molar refractivity (Wildman–Crippen MR) is 120 cm³/mol. The van der Waals surface area contributed by atoms with Gasteiger partial charge in [0.05, 0.1) is 19.3 Å². The molecule has 1 heterocycles. The third kappa shape index (κ3) is 5.83. The number of nitrogens with one attached hydrogen (secondary N) is 2. The molecule has 2 amide bonds. The second-order valence-corrected chi connectivity index (χ2v) is 8.17. The number of amides is 2. The van der Waals surface area contributed by atoms with E-state index in [1.165, 1.54) is 0 Å². The molecule has 2 aromatic rings. The lowest BCUT2D eigenvalue weighted by atomic mass is 9.95. The number of methoxy groups -OCH3 is 1. The van der Waals surface area contributed by atoms with Crippen molar-refractivity contribution in [2.45, 2.75) is 33.6 Å². The molecule has 1 saturated heterocycles. The molecule has 0 atom stereocenters. The number of ether oxygens (including phenoxy) is 1. The number of hydrogen-bond donors (Lipinski definition) is 2. The summed E-state index contributed by atoms with van der Waals surface area (Å²) in [6, 6.07) is 11.8. The molecule has 160 valence electrons. The van der Waals surface area contributed by atoms with Gasteiger partial charge in [0.1, 0.15) is 5.75 Å². The summed E-state index contributed by atoms with van der Waals surface area (Å²) < 4.78 is 5.35. The summed E-state index contributed by atoms with van der Waals surface area (Å²) in [5.74, 6) is 0.592. The van der Waals surface area contributed by atoms with Crippen molar-refractivity contribution in [1.29, 1.82) is 0 Å². The van der Waals surface area contributed by atoms with Crippen molar-refractivity contribution < 1.29 is 14.3 Å². The fraction of sp³-hybridized carbons (Fsp3) is 0.417. The zero-order chi connectivity index (χ0) is 21.7. The second-order valence-electron chi connectivity index (χ2n) is 8.17. The normalized spacial score (nSPS) is 14.9. The summed E-state index contributed by atoms with van der Waals surface area (Å²) in [6.45, 7) is 7.81. The van der Waals surface area contributed by atoms with E-state index in [9.17, 15) is 9.59 Å². The highest BCUT2D eigenvalue weighted by atomic mass is 16.5. The largest absolute Gasteiger partial charge is 0.495 e. The number of nitrogens with zero attached hydrogens (tertiary/aromatic N) is 1. The van der Waals surface area contributed by atoms with E-state index in [1.54, 1.807) is 7.11 Å². The molecule has 6 nitrogen and oxygen atoms in total. The maximum atomic E-state index is 12.7. The zero-order valence-corrected chi connectivity index (χ0v) is 18.2. The summed E-state index contributed by atoms with van der Waals surface area (Å²) in [4.78, 5) is 27.2. The number of hydrogen-bond acceptors (Lipinski definition) is 4. The Bertz CT molecular complexity index is 898. The highest BCUT2D eigenvalue weighted by Gasteiger charge is 2.26. The molecule has 1 aliphatic rings. The molecule has 6 heteroatoms. The standard InChI is InChI=1S/C24H31N3O3/c1-16-5-6-22(30-4)21(14-16)26-24(29)19-7-9-27(10-8-19)15-23(28)25-20-12-17(2)11-18(3)13-20/h5-6,11-14,19H,7-10,15H2,1-4H3,(H,25,28)(H,26,29). The summed E-state index contributed by atoms with van der Waals surface area (Å²) in [6.07, 6.45) is 1.47. The fourth-order valence-electron chi connectivity index (χ4n) is 3.96. The lowest BCUT2D eigenvalue weighted by molar-refractivity contribution is -0.121. The average molecular weight is 410 g/mol. The molecule has 1 aliphatic heterocycles. The molecule has 2 aromatic carbocycles. The second kappa shape index (κ2) is 9.76. The minimum atomic E-state index is -0.0612. The molecule has 30 heavy (non-hydrogen) atoms. The maximum Gasteiger partial charge on any atom is 0.238 e. The monoisotopic (exact) mass is 409 g/mol. The molecule has 0 unspecified atom stereocenters. The van der Waals surface area contributed by atoms with Gasteiger partial charge in [-0.2, -0.15) is 0 Å². The molecule has 0 aromatic heterocycles. The van der Waals surface area contributed by atoms with Gasteiger partial charge in [-0.3, -0.25) is 14.5 Å². The van der Waals surface area contributed by atoms with E-state index in [0.29, 0.717) is 18.0 Å². The molecule has 0 bridgehead atoms. The van der Waals surface area contributed by atoms with Gasteiger partial charge >= 0.3 is 0 Å². The van der Waals surface area contributed by atoms with Crippen LogP contribution in [0, 0.1) is 26.7 Å². The topological polar surface area (TPSA) is 70.7 Å². The Morgan fingerprint density at radius 1 is 0.967 bits per heavy atom. The number of likely N-dealkylation sites (tertiary alicyclic amines) is 1. The van der Waals surface area contributed by atoms with E-state index < -0.39 is 0 Å². The van der Waals surface area contributed by atoms with E-state index >= 15 is 0 Å². The lowest BCUT2D eigenvalue weighted by Gasteiger charge is -2.30. The molecule has 0 saturated carbocycles. The Morgan fingerprint density at radius 3 is 2.27 bits per heavy atom. The first kappa shape index (κ1) is 21.8. The van der Waals surface area contributed by atoms with E-state index in [0.717, 1.165) is 48.3 Å². The third-order valence-electron chi connectivity index (χ3n) is 5.44. The molecular weight excluding hydrogens is 378 g/mol. The first-order chi connectivity index (χ1) is 14.3. The summed E-state index contributed by atoms with van der Waals surface area (Å²) in [5.41, 5.74) is 4.86. The molecule has 3 rings (SSSR count). The van der Waals surface area contributed by atoms with E-state index in [-0.39, 0.29) is 17.7 Å². The van der Waals surface area contributed by atoms with Crippen LogP contribution < -0.4 is 15.4 Å². The van der Waals surface area contributed by atoms with Crippen molar-refractivity contribution in [3.05, 3.63) is 53.1 Å². The zero-order valence-electron chi connectivity index (χ0n) is 18.2. The predicted octanol–water partition coefficient (Wildman–Crippen LogP) is 3.91. The summed E-state index contributed by atoms with van der Waals surface area (Å²) >= 11 is 0. The molecular formula is C24H31N3O3. The van der Waals surface area contributed by atoms with Crippen LogP contribution in [-0.4, -0.2) is 43.5 Å². The first-order valence-electron chi connectivity index (χ1n) is 10.4. The Hall–Kier alpha value is -2.86. The highest BCUT2D eigenvalue weighted by Crippen LogP contribution is 2.27. The molecule has 2 N–H and O–H groups in total. The van der Waals surface area contributed by atoms with Crippen molar-refractivity contribution in [2.75, 3.05) is 37.4 Å². The molecule has 0 radical (unpaired) electrons. The highest BCUT2D eigenvalue weighted by molar-refractivity contribution is 5.94. The molecule has 1 fully saturated rings. The van der Waals surface area contributed by atoms with Gasteiger partial charge in [0, 0.05) is 11.6 Å². The SMILES string of the molecule is COc1ccc(C)cc1NC(=O)C1CCN(CC(=O)Nc2cc(C)cc(C)c2)CC1. The maximum absolute atomic E-state index is 12.7. The van der Waals surface area contributed by atoms with Crippen LogP contribution in [-0.2, 0) is 9.59 Å². The van der Waals surface area contributed by atoms with Gasteiger partial charge in [0.25, 0.3) is 0 Å². The number of anilines is 2. The van der Waals surface area contributed by atoms with E-state index in [1.807, 2.05) is 51.1 Å². The molecule has 0 aliphatic carbocycles. The quantitative estimate of drug-likeness (QED) is 0.759. The van der Waals surface area contributed by atoms with Crippen LogP contribution in [0.25, 0.3) is 0 Å². The minimum Gasteiger partial charge on any atom is -0.495 e. The van der Waals surface area contributed by atoms with Gasteiger partial charge in [-0.1, -0.05) is 12.1 Å². The lowest BCUT2D eigenvalue weighted by Crippen LogP contribution is -2.41. The van der Waals surface area contributed by atoms with Crippen molar-refractivity contribution in [2.24, 2.45) is 5.92 Å². The summed E-state index contributed by atoms with van der Waals surface area (Å²) in [7, 11) is 1.60. The van der Waals surface area contributed by atoms with E-state index in [4.69, 9.17) is 4.74 Å². The fourth-order valence-corrected chi connectivity index (χ4v) is 3.96. The van der Waals surface area contributed by atoms with Crippen molar-refractivity contribution in [3.63, 3.8) is 0 Å². The van der Waals surface area contributed by atoms with Crippen LogP contribution in [0.1, 0.15) is 29.5 Å². The van der Waals surface area contributed by atoms with Gasteiger partial charge in [-0.25, -0.2) is 0 Å². The number of carbonyl (C=O) groups is 2. The Balaban J connectivity index is 1.49. The first-order valence-corrected chi connectivity index (χ1v) is 10.4. The van der Waals surface area contributed by atoms with Crippen LogP contribution in [0.15, 0.2) is 36.4 Å². The van der Waals surface area contributed by atoms with Gasteiger partial charge in [0.15, 0.2) is 0 Å². The van der Waals surface area contributed by atoms with Crippen LogP contribution in [0.4, 0.5) is 11.4 Å². The number of carbonyl (C=O) groups excluding carboxylic acids is 2. The number of aryl methyl sites for hydroxylation is 3. The van der Waals surface area contributed by atoms with Crippen LogP contribution >= 0.6 is 0 Å². The number of rotatable bonds is 6. The minimum absolute atomic E-state index is 0.0123. The van der Waals surface area contributed by atoms with Crippen molar-refractivity contribution in [3.8, 4) is 5.75 Å². The summed E-state index contributed by atoms with van der Waals surface area (Å²) in [5, 5.41) is 5.99. The van der Waals surface area contributed by atoms with Gasteiger partial charge in [-0.15, -0.1) is 0 Å². The number of piperidine rings is 1. The van der Waals surface area contributed by atoms with Gasteiger partial charge < -0.3 is 15.4 Å². The van der Waals surface area contributed by atoms with Gasteiger partial charge in [-0.05, 0) is 87.7 Å². The Labute approximate surface area is 178 Å². The van der Waals surface area contributed by atoms with Gasteiger partial charge in [0.2, 0.25) is 11.8 Å². The van der Waals surface area contributed by atoms with Crippen LogP contribution in [0.5, 0.6) is 5.75 Å². The van der Waals surface area contributed by atoms with E-state index in [2.05, 4.69) is 21.6 Å². The van der Waals surface area contributed by atoms with Crippen molar-refractivity contribution >= 4 is 23.2 Å². The third-order valence-corrected chi connectivity index (χ3v) is 5.44. The number of benzene rings is 2. The Morgan fingerprint density at radius 2 is 1.63 bits per heavy atom. The van der Waals surface area contributed by atoms with Crippen LogP contribution in [0.2, 0.25) is 0 Å². The smallest absolute Gasteiger partial charge is 0.238 e.